The topological polar surface area (TPSA) is 107 Å². The van der Waals surface area contributed by atoms with Crippen molar-refractivity contribution >= 4 is 33.2 Å². The van der Waals surface area contributed by atoms with E-state index in [2.05, 4.69) is 4.98 Å². The van der Waals surface area contributed by atoms with Gasteiger partial charge in [-0.15, -0.1) is 0 Å². The first-order valence-corrected chi connectivity index (χ1v) is 11.7. The number of primary amides is 1. The second kappa shape index (κ2) is 8.36. The first-order valence-electron chi connectivity index (χ1n) is 9.89. The van der Waals surface area contributed by atoms with Crippen LogP contribution in [0, 0.1) is 12.8 Å². The van der Waals surface area contributed by atoms with Gasteiger partial charge >= 0.3 is 0 Å². The second-order valence-electron chi connectivity index (χ2n) is 7.57. The number of rotatable bonds is 5. The number of hydrogen-bond acceptors (Lipinski definition) is 6. The van der Waals surface area contributed by atoms with E-state index in [1.165, 1.54) is 24.3 Å². The lowest BCUT2D eigenvalue weighted by molar-refractivity contribution is -0.122. The molecule has 1 amide bonds. The number of piperidine rings is 1. The fourth-order valence-corrected chi connectivity index (χ4v) is 5.14. The lowest BCUT2D eigenvalue weighted by atomic mass is 9.96. The summed E-state index contributed by atoms with van der Waals surface area (Å²) in [5, 5.41) is 0.291. The third kappa shape index (κ3) is 4.18. The Hall–Kier alpha value is -2.84. The highest BCUT2D eigenvalue weighted by Crippen LogP contribution is 2.37. The Morgan fingerprint density at radius 3 is 2.39 bits per heavy atom. The van der Waals surface area contributed by atoms with Gasteiger partial charge in [0.1, 0.15) is 0 Å². The molecule has 0 atom stereocenters. The number of benzene rings is 2. The summed E-state index contributed by atoms with van der Waals surface area (Å²) < 4.78 is 32.9. The molecule has 0 aliphatic carbocycles. The molecule has 0 spiro atoms. The summed E-state index contributed by atoms with van der Waals surface area (Å²) in [7, 11) is -3.96. The molecule has 2 N–H and O–H groups in total. The van der Waals surface area contributed by atoms with Crippen LogP contribution in [0.3, 0.4) is 0 Å². The third-order valence-electron chi connectivity index (χ3n) is 5.52. The third-order valence-corrected chi connectivity index (χ3v) is 7.44. The number of hydrogen-bond donors (Lipinski definition) is 1. The molecule has 162 valence electrons. The average Bonchev–Trinajstić information content (AvgIpc) is 3.20. The van der Waals surface area contributed by atoms with Crippen LogP contribution < -0.4 is 10.6 Å². The van der Waals surface area contributed by atoms with E-state index in [1.54, 1.807) is 0 Å². The Labute approximate surface area is 185 Å². The van der Waals surface area contributed by atoms with Crippen molar-refractivity contribution in [1.29, 1.82) is 0 Å². The van der Waals surface area contributed by atoms with Crippen molar-refractivity contribution in [3.8, 4) is 11.5 Å². The molecular weight excluding hydrogens is 438 g/mol. The summed E-state index contributed by atoms with van der Waals surface area (Å²) >= 11 is 5.93. The molecule has 1 aliphatic heterocycles. The van der Waals surface area contributed by atoms with E-state index in [1.807, 2.05) is 36.1 Å². The van der Waals surface area contributed by atoms with E-state index in [0.717, 1.165) is 5.56 Å². The van der Waals surface area contributed by atoms with Gasteiger partial charge < -0.3 is 15.1 Å². The maximum absolute atomic E-state index is 13.4. The van der Waals surface area contributed by atoms with Crippen LogP contribution in [0.2, 0.25) is 5.02 Å². The second-order valence-corrected chi connectivity index (χ2v) is 9.87. The predicted octanol–water partition coefficient (Wildman–Crippen LogP) is 3.84. The van der Waals surface area contributed by atoms with E-state index in [9.17, 15) is 13.2 Å². The number of carbonyl (C=O) groups excluding carboxylic acids is 1. The molecule has 9 heteroatoms. The maximum Gasteiger partial charge on any atom is 0.236 e. The van der Waals surface area contributed by atoms with Gasteiger partial charge in [-0.25, -0.2) is 8.42 Å². The number of aryl methyl sites for hydroxylation is 1. The quantitative estimate of drug-likeness (QED) is 0.621. The minimum Gasteiger partial charge on any atom is -0.419 e. The number of nitrogens with two attached hydrogens (primary N) is 1. The number of sulfone groups is 1. The summed E-state index contributed by atoms with van der Waals surface area (Å²) in [5.74, 6) is -0.160. The number of halogens is 1. The Kier molecular flexibility index (Phi) is 5.77. The molecule has 0 radical (unpaired) electrons. The summed E-state index contributed by atoms with van der Waals surface area (Å²) in [5.41, 5.74) is 7.07. The number of aromatic nitrogens is 1. The average molecular weight is 460 g/mol. The van der Waals surface area contributed by atoms with Crippen LogP contribution in [-0.4, -0.2) is 32.4 Å². The van der Waals surface area contributed by atoms with E-state index in [-0.39, 0.29) is 33.5 Å². The fraction of sp³-hybridized carbons (Fsp3) is 0.273. The van der Waals surface area contributed by atoms with Crippen LogP contribution in [0.25, 0.3) is 11.5 Å². The molecule has 1 aromatic heterocycles. The molecule has 7 nitrogen and oxygen atoms in total. The van der Waals surface area contributed by atoms with Gasteiger partial charge in [0.05, 0.1) is 4.90 Å². The molecule has 0 saturated carbocycles. The van der Waals surface area contributed by atoms with Crippen molar-refractivity contribution in [2.75, 3.05) is 18.0 Å². The highest BCUT2D eigenvalue weighted by atomic mass is 35.5. The lowest BCUT2D eigenvalue weighted by Crippen LogP contribution is -2.38. The minimum absolute atomic E-state index is 0.0785. The van der Waals surface area contributed by atoms with Crippen molar-refractivity contribution in [2.45, 2.75) is 29.7 Å². The van der Waals surface area contributed by atoms with Crippen LogP contribution >= 0.6 is 11.6 Å². The monoisotopic (exact) mass is 459 g/mol. The Bertz CT molecular complexity index is 1210. The van der Waals surface area contributed by atoms with Crippen LogP contribution in [0.5, 0.6) is 0 Å². The Morgan fingerprint density at radius 1 is 1.13 bits per heavy atom. The lowest BCUT2D eigenvalue weighted by Gasteiger charge is -2.30. The van der Waals surface area contributed by atoms with Gasteiger partial charge in [-0.3, -0.25) is 4.79 Å². The Morgan fingerprint density at radius 2 is 1.77 bits per heavy atom. The van der Waals surface area contributed by atoms with Crippen molar-refractivity contribution in [1.82, 2.24) is 4.98 Å². The van der Waals surface area contributed by atoms with Gasteiger partial charge in [0.15, 0.2) is 0 Å². The number of carbonyl (C=O) groups is 1. The number of nitrogens with zero attached hydrogens (tertiary/aromatic N) is 2. The van der Waals surface area contributed by atoms with E-state index < -0.39 is 9.84 Å². The predicted molar refractivity (Wildman–Crippen MR) is 118 cm³/mol. The first kappa shape index (κ1) is 21.4. The van der Waals surface area contributed by atoms with Crippen molar-refractivity contribution in [2.24, 2.45) is 11.7 Å². The molecule has 1 fully saturated rings. The highest BCUT2D eigenvalue weighted by molar-refractivity contribution is 7.91. The highest BCUT2D eigenvalue weighted by Gasteiger charge is 2.34. The molecule has 0 unspecified atom stereocenters. The van der Waals surface area contributed by atoms with Crippen molar-refractivity contribution in [3.05, 3.63) is 59.1 Å². The zero-order valence-electron chi connectivity index (χ0n) is 16.9. The van der Waals surface area contributed by atoms with E-state index in [4.69, 9.17) is 21.8 Å². The molecule has 3 aromatic rings. The summed E-state index contributed by atoms with van der Waals surface area (Å²) in [4.78, 5) is 17.8. The van der Waals surface area contributed by atoms with E-state index >= 15 is 0 Å². The number of amides is 1. The zero-order chi connectivity index (χ0) is 22.2. The van der Waals surface area contributed by atoms with Crippen molar-refractivity contribution in [3.63, 3.8) is 0 Å². The van der Waals surface area contributed by atoms with Crippen LogP contribution in [0.15, 0.2) is 62.9 Å². The minimum atomic E-state index is -3.96. The normalized spacial score (nSPS) is 15.2. The number of oxazole rings is 1. The van der Waals surface area contributed by atoms with Crippen LogP contribution in [0.4, 0.5) is 5.88 Å². The van der Waals surface area contributed by atoms with Gasteiger partial charge in [-0.1, -0.05) is 29.8 Å². The molecule has 0 bridgehead atoms. The molecule has 31 heavy (non-hydrogen) atoms. The van der Waals surface area contributed by atoms with Gasteiger partial charge in [-0.05, 0) is 55.7 Å². The molecule has 2 aromatic carbocycles. The van der Waals surface area contributed by atoms with E-state index in [0.29, 0.717) is 36.5 Å². The Balaban J connectivity index is 1.80. The number of anilines is 1. The summed E-state index contributed by atoms with van der Waals surface area (Å²) in [6.07, 6.45) is 1.05. The molecule has 1 saturated heterocycles. The van der Waals surface area contributed by atoms with Crippen molar-refractivity contribution < 1.29 is 17.6 Å². The summed E-state index contributed by atoms with van der Waals surface area (Å²) in [6.45, 7) is 2.79. The molecular formula is C22H22ClN3O4S. The zero-order valence-corrected chi connectivity index (χ0v) is 18.5. The van der Waals surface area contributed by atoms with Gasteiger partial charge in [0, 0.05) is 29.6 Å². The van der Waals surface area contributed by atoms with Gasteiger partial charge in [0.25, 0.3) is 0 Å². The SMILES string of the molecule is Cc1ccccc1-c1nc(S(=O)(=O)c2ccc(Cl)cc2)c(N2CCC(C(N)=O)CC2)o1. The molecule has 1 aliphatic rings. The molecule has 2 heterocycles. The van der Waals surface area contributed by atoms with Gasteiger partial charge in [0.2, 0.25) is 32.5 Å². The maximum atomic E-state index is 13.4. The smallest absolute Gasteiger partial charge is 0.236 e. The standard InChI is InChI=1S/C22H22ClN3O4S/c1-14-4-2-3-5-18(14)20-25-21(31(28,29)17-8-6-16(23)7-9-17)22(30-20)26-12-10-15(11-13-26)19(24)27/h2-9,15H,10-13H2,1H3,(H2,24,27). The van der Waals surface area contributed by atoms with Crippen LogP contribution in [0.1, 0.15) is 18.4 Å². The fourth-order valence-electron chi connectivity index (χ4n) is 3.69. The first-order chi connectivity index (χ1) is 14.8. The largest absolute Gasteiger partial charge is 0.419 e. The summed E-state index contributed by atoms with van der Waals surface area (Å²) in [6, 6.07) is 13.4. The van der Waals surface area contributed by atoms with Crippen LogP contribution in [-0.2, 0) is 14.6 Å². The molecule has 4 rings (SSSR count). The van der Waals surface area contributed by atoms with Gasteiger partial charge in [-0.2, -0.15) is 4.98 Å².